The maximum Gasteiger partial charge on any atom is 0.438 e. The molecule has 0 radical (unpaired) electrons. The number of halogens is 26. The maximum absolute atomic E-state index is 13.4. The summed E-state index contributed by atoms with van der Waals surface area (Å²) in [5.74, 6) is -49.3. The van der Waals surface area contributed by atoms with E-state index in [9.17, 15) is 114 Å². The van der Waals surface area contributed by atoms with Crippen molar-refractivity contribution in [1.82, 2.24) is 0 Å². The highest BCUT2D eigenvalue weighted by atomic mass is 19.4. The monoisotopic (exact) mass is 682 g/mol. The molecule has 0 aromatic rings. The topological polar surface area (TPSA) is 9.23 Å². The van der Waals surface area contributed by atoms with Crippen LogP contribution in [0.3, 0.4) is 0 Å². The molecule has 0 aliphatic rings. The predicted octanol–water partition coefficient (Wildman–Crippen LogP) is 8.48. The van der Waals surface area contributed by atoms with E-state index in [4.69, 9.17) is 0 Å². The number of rotatable bonds is 10. The van der Waals surface area contributed by atoms with E-state index in [-0.39, 0.29) is 0 Å². The zero-order valence-electron chi connectivity index (χ0n) is 17.6. The summed E-state index contributed by atoms with van der Waals surface area (Å²) >= 11 is 0. The van der Waals surface area contributed by atoms with E-state index < -0.39 is 84.8 Å². The average Bonchev–Trinajstić information content (AvgIpc) is 2.67. The van der Waals surface area contributed by atoms with Crippen molar-refractivity contribution < 1.29 is 119 Å². The van der Waals surface area contributed by atoms with Crippen LogP contribution in [0.25, 0.3) is 0 Å². The summed E-state index contributed by atoms with van der Waals surface area (Å²) in [5, 5.41) is 0. The molecule has 0 aliphatic carbocycles. The summed E-state index contributed by atoms with van der Waals surface area (Å²) in [5.41, 5.74) is -17.2. The molecular weight excluding hydrogens is 678 g/mol. The molecule has 0 rings (SSSR count). The van der Waals surface area contributed by atoms with Crippen LogP contribution >= 0.6 is 0 Å². The highest BCUT2D eigenvalue weighted by Crippen LogP contribution is 2.63. The number of alkyl halides is 26. The lowest BCUT2D eigenvalue weighted by atomic mass is 9.87. The Morgan fingerprint density at radius 2 is 0.439 bits per heavy atom. The van der Waals surface area contributed by atoms with E-state index in [2.05, 4.69) is 4.74 Å². The van der Waals surface area contributed by atoms with Gasteiger partial charge in [0.1, 0.15) is 13.2 Å². The Labute approximate surface area is 205 Å². The van der Waals surface area contributed by atoms with Crippen LogP contribution in [0.15, 0.2) is 0 Å². The first-order chi connectivity index (χ1) is 17.2. The van der Waals surface area contributed by atoms with Crippen LogP contribution in [0.1, 0.15) is 0 Å². The quantitative estimate of drug-likeness (QED) is 0.210. The van der Waals surface area contributed by atoms with E-state index in [1.54, 1.807) is 0 Å². The lowest BCUT2D eigenvalue weighted by Gasteiger charge is -2.42. The molecule has 0 aliphatic heterocycles. The molecule has 0 N–H and O–H groups in total. The highest BCUT2D eigenvalue weighted by molar-refractivity contribution is 5.15. The zero-order valence-corrected chi connectivity index (χ0v) is 17.6. The molecule has 0 unspecified atom stereocenters. The minimum atomic E-state index is -8.71. The van der Waals surface area contributed by atoms with Gasteiger partial charge in [0, 0.05) is 0 Å². The molecule has 0 spiro atoms. The molecule has 0 saturated carbocycles. The Kier molecular flexibility index (Phi) is 9.39. The molecule has 41 heavy (non-hydrogen) atoms. The van der Waals surface area contributed by atoms with Gasteiger partial charge < -0.3 is 4.74 Å². The fourth-order valence-electron chi connectivity index (χ4n) is 2.41. The normalized spacial score (nSPS) is 16.8. The van der Waals surface area contributed by atoms with Gasteiger partial charge in [0.25, 0.3) is 0 Å². The van der Waals surface area contributed by atoms with Crippen LogP contribution in [0.5, 0.6) is 0 Å². The molecule has 248 valence electrons. The molecular formula is C14H4F26O. The predicted molar refractivity (Wildman–Crippen MR) is 72.4 cm³/mol. The van der Waals surface area contributed by atoms with Crippen molar-refractivity contribution in [3.8, 4) is 0 Å². The molecule has 0 heterocycles. The van der Waals surface area contributed by atoms with Gasteiger partial charge in [-0.2, -0.15) is 105 Å². The Morgan fingerprint density at radius 1 is 0.268 bits per heavy atom. The number of hydrogen-bond donors (Lipinski definition) is 0. The Morgan fingerprint density at radius 3 is 0.585 bits per heavy atom. The van der Waals surface area contributed by atoms with Gasteiger partial charge in [-0.15, -0.1) is 0 Å². The standard InChI is InChI=1S/C14H4F26O/c15-3(16,7(21,22)9(25,26)5(19,11(29,30)31)12(32,33)34)1-41-2-4(17,18)8(23,24)10(27,28)6(20,13(35,36)37)14(38,39)40/h1-2H2. The van der Waals surface area contributed by atoms with Gasteiger partial charge in [0.05, 0.1) is 0 Å². The lowest BCUT2D eigenvalue weighted by Crippen LogP contribution is -2.74. The third kappa shape index (κ3) is 5.39. The second-order valence-corrected chi connectivity index (χ2v) is 7.51. The first-order valence-electron chi connectivity index (χ1n) is 8.70. The van der Waals surface area contributed by atoms with E-state index in [1.165, 1.54) is 0 Å². The Hall–Kier alpha value is -1.86. The van der Waals surface area contributed by atoms with Crippen molar-refractivity contribution in [2.75, 3.05) is 13.2 Å². The molecule has 0 bridgehead atoms. The van der Waals surface area contributed by atoms with Gasteiger partial charge >= 0.3 is 71.6 Å². The van der Waals surface area contributed by atoms with Gasteiger partial charge in [0.15, 0.2) is 0 Å². The van der Waals surface area contributed by atoms with Crippen molar-refractivity contribution in [1.29, 1.82) is 0 Å². The summed E-state index contributed by atoms with van der Waals surface area (Å²) in [7, 11) is 0. The first-order valence-corrected chi connectivity index (χ1v) is 8.70. The summed E-state index contributed by atoms with van der Waals surface area (Å²) in [4.78, 5) is 0. The largest absolute Gasteiger partial charge is 0.438 e. The molecule has 1 nitrogen and oxygen atoms in total. The van der Waals surface area contributed by atoms with Crippen LogP contribution in [0.2, 0.25) is 0 Å². The fourth-order valence-corrected chi connectivity index (χ4v) is 2.41. The van der Waals surface area contributed by atoms with Crippen molar-refractivity contribution in [3.05, 3.63) is 0 Å². The second kappa shape index (κ2) is 9.83. The van der Waals surface area contributed by atoms with E-state index >= 15 is 0 Å². The first kappa shape index (κ1) is 39.1. The summed E-state index contributed by atoms with van der Waals surface area (Å²) < 4.78 is 338. The van der Waals surface area contributed by atoms with Crippen molar-refractivity contribution >= 4 is 0 Å². The van der Waals surface area contributed by atoms with Gasteiger partial charge in [-0.05, 0) is 0 Å². The lowest BCUT2D eigenvalue weighted by molar-refractivity contribution is -0.449. The Bertz CT molecular complexity index is 810. The molecule has 27 heteroatoms. The number of ether oxygens (including phenoxy) is 1. The van der Waals surface area contributed by atoms with Crippen molar-refractivity contribution in [3.63, 3.8) is 0 Å². The maximum atomic E-state index is 13.4. The van der Waals surface area contributed by atoms with Crippen LogP contribution in [0.4, 0.5) is 114 Å². The summed E-state index contributed by atoms with van der Waals surface area (Å²) in [6.07, 6.45) is -32.9. The minimum absolute atomic E-state index is 2.40. The van der Waals surface area contributed by atoms with Gasteiger partial charge in [-0.25, -0.2) is 8.78 Å². The van der Waals surface area contributed by atoms with Crippen LogP contribution in [-0.2, 0) is 4.74 Å². The highest BCUT2D eigenvalue weighted by Gasteiger charge is 2.95. The molecule has 0 fully saturated rings. The van der Waals surface area contributed by atoms with E-state index in [0.29, 0.717) is 0 Å². The van der Waals surface area contributed by atoms with E-state index in [1.807, 2.05) is 0 Å². The van der Waals surface area contributed by atoms with Crippen LogP contribution in [-0.4, -0.2) is 84.8 Å². The van der Waals surface area contributed by atoms with Crippen LogP contribution < -0.4 is 0 Å². The fraction of sp³-hybridized carbons (Fsp3) is 1.00. The average molecular weight is 682 g/mol. The molecule has 0 aromatic heterocycles. The summed E-state index contributed by atoms with van der Waals surface area (Å²) in [6.45, 7) is -8.62. The van der Waals surface area contributed by atoms with E-state index in [0.717, 1.165) is 0 Å². The van der Waals surface area contributed by atoms with Crippen LogP contribution in [0, 0.1) is 0 Å². The van der Waals surface area contributed by atoms with Gasteiger partial charge in [-0.1, -0.05) is 0 Å². The third-order valence-electron chi connectivity index (χ3n) is 4.70. The van der Waals surface area contributed by atoms with Crippen molar-refractivity contribution in [2.24, 2.45) is 0 Å². The molecule has 0 aromatic carbocycles. The number of hydrogen-bond acceptors (Lipinski definition) is 1. The smallest absolute Gasteiger partial charge is 0.368 e. The molecule has 0 atom stereocenters. The minimum Gasteiger partial charge on any atom is -0.368 e. The second-order valence-electron chi connectivity index (χ2n) is 7.51. The SMILES string of the molecule is FC(F)(F)C(F)(C(F)(F)F)C(F)(F)C(F)(F)C(F)(F)COCC(F)(F)C(F)(F)C(F)(F)C(F)(C(F)(F)F)C(F)(F)F. The molecule has 0 amide bonds. The van der Waals surface area contributed by atoms with Crippen molar-refractivity contribution in [2.45, 2.75) is 71.6 Å². The third-order valence-corrected chi connectivity index (χ3v) is 4.70. The van der Waals surface area contributed by atoms with Gasteiger partial charge in [0.2, 0.25) is 0 Å². The summed E-state index contributed by atoms with van der Waals surface area (Å²) in [6, 6.07) is 0. The Balaban J connectivity index is 6.49. The van der Waals surface area contributed by atoms with Gasteiger partial charge in [-0.3, -0.25) is 0 Å². The molecule has 0 saturated heterocycles. The zero-order chi connectivity index (χ0) is 34.1.